The van der Waals surface area contributed by atoms with E-state index in [-0.39, 0.29) is 18.4 Å². The Morgan fingerprint density at radius 2 is 1.89 bits per heavy atom. The zero-order chi connectivity index (χ0) is 20.7. The van der Waals surface area contributed by atoms with E-state index < -0.39 is 6.04 Å². The Morgan fingerprint density at radius 1 is 1.18 bits per heavy atom. The normalized spacial score (nSPS) is 11.6. The predicted molar refractivity (Wildman–Crippen MR) is 112 cm³/mol. The van der Waals surface area contributed by atoms with Crippen molar-refractivity contribution in [1.29, 1.82) is 0 Å². The Morgan fingerprint density at radius 3 is 2.50 bits per heavy atom. The molecular weight excluding hydrogens is 399 g/mol. The summed E-state index contributed by atoms with van der Waals surface area (Å²) in [6.45, 7) is 3.92. The van der Waals surface area contributed by atoms with E-state index in [1.807, 2.05) is 38.1 Å². The maximum atomic E-state index is 13.0. The maximum absolute atomic E-state index is 13.0. The molecule has 0 heterocycles. The molecule has 5 nitrogen and oxygen atoms in total. The van der Waals surface area contributed by atoms with Gasteiger partial charge in [-0.2, -0.15) is 0 Å². The summed E-state index contributed by atoms with van der Waals surface area (Å²) < 4.78 is 5.60. The molecule has 2 rings (SSSR count). The molecule has 0 aliphatic heterocycles. The zero-order valence-corrected chi connectivity index (χ0v) is 17.7. The molecule has 150 valence electrons. The predicted octanol–water partition coefficient (Wildman–Crippen LogP) is 4.23. The van der Waals surface area contributed by atoms with Gasteiger partial charge in [-0.25, -0.2) is 0 Å². The lowest BCUT2D eigenvalue weighted by Crippen LogP contribution is -2.49. The molecule has 2 aromatic carbocycles. The highest BCUT2D eigenvalue weighted by atomic mass is 35.5. The number of likely N-dealkylation sites (N-methyl/N-ethyl adjacent to an activating group) is 1. The molecular formula is C21H24Cl2N2O3. The number of amides is 2. The molecule has 0 aromatic heterocycles. The summed E-state index contributed by atoms with van der Waals surface area (Å²) >= 11 is 12.0. The van der Waals surface area contributed by atoms with E-state index in [4.69, 9.17) is 27.9 Å². The summed E-state index contributed by atoms with van der Waals surface area (Å²) in [6, 6.07) is 12.0. The van der Waals surface area contributed by atoms with E-state index >= 15 is 0 Å². The van der Waals surface area contributed by atoms with Crippen LogP contribution in [0.3, 0.4) is 0 Å². The molecule has 0 saturated carbocycles. The zero-order valence-electron chi connectivity index (χ0n) is 16.2. The van der Waals surface area contributed by atoms with Crippen LogP contribution in [0.2, 0.25) is 10.0 Å². The minimum absolute atomic E-state index is 0.214. The molecule has 0 aliphatic carbocycles. The Hall–Kier alpha value is -2.24. The summed E-state index contributed by atoms with van der Waals surface area (Å²) in [5.74, 6) is -0.151. The summed E-state index contributed by atoms with van der Waals surface area (Å²) in [6.07, 6.45) is 0.485. The molecule has 1 atom stereocenters. The smallest absolute Gasteiger partial charge is 0.261 e. The number of benzene rings is 2. The van der Waals surface area contributed by atoms with Crippen molar-refractivity contribution in [3.8, 4) is 5.75 Å². The fourth-order valence-electron chi connectivity index (χ4n) is 2.87. The van der Waals surface area contributed by atoms with Gasteiger partial charge in [-0.1, -0.05) is 54.4 Å². The summed E-state index contributed by atoms with van der Waals surface area (Å²) in [4.78, 5) is 26.9. The number of nitrogens with one attached hydrogen (secondary N) is 1. The van der Waals surface area contributed by atoms with Crippen LogP contribution in [0.4, 0.5) is 0 Å². The minimum Gasteiger partial charge on any atom is -0.482 e. The molecule has 0 aliphatic rings. The lowest BCUT2D eigenvalue weighted by molar-refractivity contribution is -0.142. The van der Waals surface area contributed by atoms with Gasteiger partial charge in [-0.15, -0.1) is 0 Å². The van der Waals surface area contributed by atoms with E-state index in [1.54, 1.807) is 30.1 Å². The van der Waals surface area contributed by atoms with Crippen molar-refractivity contribution in [1.82, 2.24) is 10.2 Å². The van der Waals surface area contributed by atoms with Crippen molar-refractivity contribution in [2.24, 2.45) is 0 Å². The first-order valence-corrected chi connectivity index (χ1v) is 9.76. The van der Waals surface area contributed by atoms with Gasteiger partial charge >= 0.3 is 0 Å². The maximum Gasteiger partial charge on any atom is 0.261 e. The van der Waals surface area contributed by atoms with Crippen molar-refractivity contribution in [3.63, 3.8) is 0 Å². The van der Waals surface area contributed by atoms with E-state index in [2.05, 4.69) is 5.32 Å². The van der Waals surface area contributed by atoms with E-state index in [0.29, 0.717) is 28.8 Å². The van der Waals surface area contributed by atoms with E-state index in [0.717, 1.165) is 11.1 Å². The number of carbonyl (C=O) groups excluding carboxylic acids is 2. The number of ether oxygens (including phenoxy) is 1. The molecule has 7 heteroatoms. The molecule has 0 radical (unpaired) electrons. The van der Waals surface area contributed by atoms with Crippen LogP contribution in [0.25, 0.3) is 0 Å². The second kappa shape index (κ2) is 10.3. The summed E-state index contributed by atoms with van der Waals surface area (Å²) in [5.41, 5.74) is 2.02. The number of aryl methyl sites for hydroxylation is 1. The van der Waals surface area contributed by atoms with Crippen LogP contribution in [0.1, 0.15) is 24.5 Å². The fraction of sp³-hybridized carbons (Fsp3) is 0.333. The number of hydrogen-bond acceptors (Lipinski definition) is 3. The van der Waals surface area contributed by atoms with Crippen LogP contribution in [0, 0.1) is 6.92 Å². The number of nitrogens with zero attached hydrogens (tertiary/aromatic N) is 1. The van der Waals surface area contributed by atoms with Crippen molar-refractivity contribution in [2.75, 3.05) is 13.7 Å². The highest BCUT2D eigenvalue weighted by Crippen LogP contribution is 2.27. The topological polar surface area (TPSA) is 58.6 Å². The van der Waals surface area contributed by atoms with Gasteiger partial charge in [0.05, 0.1) is 5.02 Å². The largest absolute Gasteiger partial charge is 0.482 e. The van der Waals surface area contributed by atoms with E-state index in [1.165, 1.54) is 0 Å². The molecule has 2 amide bonds. The Kier molecular flexibility index (Phi) is 8.15. The van der Waals surface area contributed by atoms with Crippen LogP contribution in [-0.4, -0.2) is 36.4 Å². The van der Waals surface area contributed by atoms with Crippen molar-refractivity contribution in [3.05, 3.63) is 63.6 Å². The van der Waals surface area contributed by atoms with Gasteiger partial charge in [-0.05, 0) is 42.7 Å². The van der Waals surface area contributed by atoms with Crippen LogP contribution in [-0.2, 0) is 16.1 Å². The number of carbonyl (C=O) groups is 2. The first kappa shape index (κ1) is 22.1. The highest BCUT2D eigenvalue weighted by Gasteiger charge is 2.28. The van der Waals surface area contributed by atoms with Crippen LogP contribution in [0.5, 0.6) is 5.75 Å². The van der Waals surface area contributed by atoms with Crippen LogP contribution < -0.4 is 10.1 Å². The molecule has 2 aromatic rings. The van der Waals surface area contributed by atoms with Gasteiger partial charge < -0.3 is 15.0 Å². The first-order chi connectivity index (χ1) is 13.4. The van der Waals surface area contributed by atoms with Crippen molar-refractivity contribution < 1.29 is 14.3 Å². The molecule has 0 saturated heterocycles. The number of rotatable bonds is 8. The number of hydrogen-bond donors (Lipinski definition) is 1. The lowest BCUT2D eigenvalue weighted by atomic mass is 10.1. The standard InChI is InChI=1S/C21H24Cl2N2O3/c1-4-18(21(27)24-3)25(12-15-8-6-5-7-14(15)2)20(26)13-28-19-10-9-16(22)11-17(19)23/h5-11,18H,4,12-13H2,1-3H3,(H,24,27). The highest BCUT2D eigenvalue weighted by molar-refractivity contribution is 6.35. The van der Waals surface area contributed by atoms with Crippen LogP contribution in [0.15, 0.2) is 42.5 Å². The van der Waals surface area contributed by atoms with Crippen molar-refractivity contribution >= 4 is 35.0 Å². The summed E-state index contributed by atoms with van der Waals surface area (Å²) in [5, 5.41) is 3.44. The fourth-order valence-corrected chi connectivity index (χ4v) is 3.33. The average molecular weight is 423 g/mol. The molecule has 28 heavy (non-hydrogen) atoms. The molecule has 0 spiro atoms. The van der Waals surface area contributed by atoms with Gasteiger partial charge in [0.15, 0.2) is 6.61 Å². The second-order valence-corrected chi connectivity index (χ2v) is 7.19. The molecule has 0 fully saturated rings. The van der Waals surface area contributed by atoms with E-state index in [9.17, 15) is 9.59 Å². The Labute approximate surface area is 175 Å². The third-order valence-corrected chi connectivity index (χ3v) is 5.01. The third kappa shape index (κ3) is 5.63. The molecule has 0 bridgehead atoms. The first-order valence-electron chi connectivity index (χ1n) is 9.00. The summed E-state index contributed by atoms with van der Waals surface area (Å²) in [7, 11) is 1.56. The monoisotopic (exact) mass is 422 g/mol. The van der Waals surface area contributed by atoms with Gasteiger partial charge in [0.25, 0.3) is 5.91 Å². The number of halogens is 2. The van der Waals surface area contributed by atoms with Crippen LogP contribution >= 0.6 is 23.2 Å². The Bertz CT molecular complexity index is 842. The molecule has 1 N–H and O–H groups in total. The second-order valence-electron chi connectivity index (χ2n) is 6.35. The Balaban J connectivity index is 2.22. The quantitative estimate of drug-likeness (QED) is 0.691. The van der Waals surface area contributed by atoms with Gasteiger partial charge in [0.1, 0.15) is 11.8 Å². The van der Waals surface area contributed by atoms with Gasteiger partial charge in [0.2, 0.25) is 5.91 Å². The lowest BCUT2D eigenvalue weighted by Gasteiger charge is -2.30. The average Bonchev–Trinajstić information content (AvgIpc) is 2.68. The van der Waals surface area contributed by atoms with Gasteiger partial charge in [-0.3, -0.25) is 9.59 Å². The SMILES string of the molecule is CCC(C(=O)NC)N(Cc1ccccc1C)C(=O)COc1ccc(Cl)cc1Cl. The van der Waals surface area contributed by atoms with Crippen molar-refractivity contribution in [2.45, 2.75) is 32.9 Å². The van der Waals surface area contributed by atoms with Gasteiger partial charge in [0, 0.05) is 18.6 Å². The molecule has 1 unspecified atom stereocenters. The minimum atomic E-state index is -0.596. The third-order valence-electron chi connectivity index (χ3n) is 4.48.